The lowest BCUT2D eigenvalue weighted by Gasteiger charge is -2.26. The minimum atomic E-state index is -3.88. The zero-order chi connectivity index (χ0) is 30.7. The van der Waals surface area contributed by atoms with Crippen LogP contribution in [-0.4, -0.2) is 67.1 Å². The van der Waals surface area contributed by atoms with Gasteiger partial charge in [-0.25, -0.2) is 13.2 Å². The van der Waals surface area contributed by atoms with Gasteiger partial charge in [0, 0.05) is 19.3 Å². The minimum Gasteiger partial charge on any atom is -0.446 e. The zero-order valence-electron chi connectivity index (χ0n) is 24.3. The van der Waals surface area contributed by atoms with Gasteiger partial charge in [-0.3, -0.25) is 24.4 Å². The van der Waals surface area contributed by atoms with Crippen molar-refractivity contribution in [2.24, 2.45) is 11.8 Å². The number of amides is 4. The van der Waals surface area contributed by atoms with Gasteiger partial charge in [0.05, 0.1) is 28.2 Å². The fraction of sp³-hybridized carbons (Fsp3) is 0.621. The summed E-state index contributed by atoms with van der Waals surface area (Å²) in [5, 5.41) is 14.4. The van der Waals surface area contributed by atoms with E-state index < -0.39 is 56.2 Å². The van der Waals surface area contributed by atoms with Crippen molar-refractivity contribution in [1.82, 2.24) is 14.9 Å². The molecule has 0 bridgehead atoms. The molecule has 3 saturated carbocycles. The second-order valence-electron chi connectivity index (χ2n) is 12.0. The highest BCUT2D eigenvalue weighted by Gasteiger charge is 2.57. The maximum absolute atomic E-state index is 13.6. The number of nitriles is 1. The van der Waals surface area contributed by atoms with Gasteiger partial charge in [-0.1, -0.05) is 25.8 Å². The normalized spacial score (nSPS) is 23.1. The molecule has 4 amide bonds. The lowest BCUT2D eigenvalue weighted by molar-refractivity contribution is -0.140. The molecule has 3 atom stereocenters. The molecule has 0 saturated heterocycles. The van der Waals surface area contributed by atoms with Crippen molar-refractivity contribution in [2.45, 2.75) is 88.0 Å². The van der Waals surface area contributed by atoms with E-state index in [2.05, 4.69) is 22.3 Å². The third-order valence-corrected chi connectivity index (χ3v) is 10.7. The molecule has 4 rings (SSSR count). The van der Waals surface area contributed by atoms with E-state index in [4.69, 9.17) is 10.00 Å². The van der Waals surface area contributed by atoms with Crippen LogP contribution < -0.4 is 15.4 Å². The first-order valence-corrected chi connectivity index (χ1v) is 15.9. The van der Waals surface area contributed by atoms with Crippen LogP contribution in [0, 0.1) is 23.2 Å². The van der Waals surface area contributed by atoms with Crippen LogP contribution in [0.1, 0.15) is 77.2 Å². The fourth-order valence-corrected chi connectivity index (χ4v) is 6.58. The Kier molecular flexibility index (Phi) is 9.15. The first-order valence-electron chi connectivity index (χ1n) is 14.4. The average molecular weight is 602 g/mol. The molecule has 3 aliphatic carbocycles. The van der Waals surface area contributed by atoms with E-state index in [9.17, 15) is 27.6 Å². The molecule has 42 heavy (non-hydrogen) atoms. The van der Waals surface area contributed by atoms with Crippen molar-refractivity contribution in [3.63, 3.8) is 0 Å². The number of sulfonamides is 1. The number of nitrogens with one attached hydrogen (secondary N) is 3. The fourth-order valence-electron chi connectivity index (χ4n) is 5.26. The maximum Gasteiger partial charge on any atom is 0.411 e. The molecule has 0 aromatic heterocycles. The second kappa shape index (κ2) is 12.3. The monoisotopic (exact) mass is 601 g/mol. The van der Waals surface area contributed by atoms with E-state index >= 15 is 0 Å². The smallest absolute Gasteiger partial charge is 0.411 e. The summed E-state index contributed by atoms with van der Waals surface area (Å²) in [5.41, 5.74) is -0.622. The molecule has 3 N–H and O–H groups in total. The SMILES string of the molecule is CCCCCN(C)C(=O)[C@@H]1C[C@H](OC(=O)Nc2cccc(C#N)c2)C[C@H]1C(=O)NC1(C(=O)NS(=O)(=O)C2(C)CC2)CC1. The molecule has 0 heterocycles. The van der Waals surface area contributed by atoms with Crippen molar-refractivity contribution in [3.05, 3.63) is 29.8 Å². The Hall–Kier alpha value is -3.66. The number of carbonyl (C=O) groups is 4. The molecule has 0 spiro atoms. The molecule has 1 aromatic rings. The van der Waals surface area contributed by atoms with Gasteiger partial charge < -0.3 is 15.0 Å². The first kappa shape index (κ1) is 31.3. The summed E-state index contributed by atoms with van der Waals surface area (Å²) in [4.78, 5) is 54.3. The standard InChI is InChI=1S/C29H39N5O7S/c1-4-5-6-14-34(3)25(36)23-17-21(41-27(38)31-20-9-7-8-19(15-20)18-30)16-22(23)24(35)32-29(12-13-29)26(37)33-42(39,40)28(2)10-11-28/h7-9,15,21-23H,4-6,10-14,16-17H2,1-3H3,(H,31,38)(H,32,35)(H,33,37)/t21-,22-,23-/m1/s1. The predicted molar refractivity (Wildman–Crippen MR) is 153 cm³/mol. The highest BCUT2D eigenvalue weighted by Crippen LogP contribution is 2.44. The Bertz CT molecular complexity index is 1380. The lowest BCUT2D eigenvalue weighted by Crippen LogP contribution is -2.54. The Morgan fingerprint density at radius 2 is 1.79 bits per heavy atom. The highest BCUT2D eigenvalue weighted by molar-refractivity contribution is 7.91. The molecule has 3 aliphatic rings. The quantitative estimate of drug-likeness (QED) is 0.307. The third-order valence-electron chi connectivity index (χ3n) is 8.54. The van der Waals surface area contributed by atoms with E-state index in [-0.39, 0.29) is 31.6 Å². The van der Waals surface area contributed by atoms with Crippen molar-refractivity contribution < 1.29 is 32.3 Å². The third kappa shape index (κ3) is 7.03. The van der Waals surface area contributed by atoms with Crippen LogP contribution in [0.5, 0.6) is 0 Å². The molecule has 0 unspecified atom stereocenters. The van der Waals surface area contributed by atoms with Gasteiger partial charge in [0.2, 0.25) is 21.8 Å². The van der Waals surface area contributed by atoms with Crippen molar-refractivity contribution >= 4 is 39.5 Å². The Morgan fingerprint density at radius 1 is 1.10 bits per heavy atom. The van der Waals surface area contributed by atoms with Crippen LogP contribution in [0.3, 0.4) is 0 Å². The summed E-state index contributed by atoms with van der Waals surface area (Å²) >= 11 is 0. The van der Waals surface area contributed by atoms with Crippen LogP contribution >= 0.6 is 0 Å². The summed E-state index contributed by atoms with van der Waals surface area (Å²) in [6, 6.07) is 8.31. The van der Waals surface area contributed by atoms with Gasteiger partial charge in [-0.15, -0.1) is 0 Å². The van der Waals surface area contributed by atoms with Crippen LogP contribution in [0.25, 0.3) is 0 Å². The average Bonchev–Trinajstić information content (AvgIpc) is 3.86. The number of hydrogen-bond acceptors (Lipinski definition) is 8. The first-order chi connectivity index (χ1) is 19.8. The van der Waals surface area contributed by atoms with Gasteiger partial charge in [0.25, 0.3) is 5.91 Å². The van der Waals surface area contributed by atoms with Crippen LogP contribution in [0.15, 0.2) is 24.3 Å². The number of nitrogens with zero attached hydrogens (tertiary/aromatic N) is 2. The highest BCUT2D eigenvalue weighted by atomic mass is 32.2. The van der Waals surface area contributed by atoms with Gasteiger partial charge in [-0.05, 0) is 70.1 Å². The van der Waals surface area contributed by atoms with E-state index in [1.54, 1.807) is 37.1 Å². The summed E-state index contributed by atoms with van der Waals surface area (Å²) in [7, 11) is -2.20. The number of hydrogen-bond donors (Lipinski definition) is 3. The molecule has 1 aromatic carbocycles. The largest absolute Gasteiger partial charge is 0.446 e. The molecule has 0 aliphatic heterocycles. The molecule has 3 fully saturated rings. The number of carbonyl (C=O) groups excluding carboxylic acids is 4. The van der Waals surface area contributed by atoms with Gasteiger partial charge in [-0.2, -0.15) is 5.26 Å². The predicted octanol–water partition coefficient (Wildman–Crippen LogP) is 2.80. The number of anilines is 1. The lowest BCUT2D eigenvalue weighted by atomic mass is 9.93. The van der Waals surface area contributed by atoms with Gasteiger partial charge >= 0.3 is 6.09 Å². The van der Waals surface area contributed by atoms with Crippen LogP contribution in [0.2, 0.25) is 0 Å². The summed E-state index contributed by atoms with van der Waals surface area (Å²) in [6.07, 6.45) is 2.87. The van der Waals surface area contributed by atoms with Crippen molar-refractivity contribution in [2.75, 3.05) is 18.9 Å². The summed E-state index contributed by atoms with van der Waals surface area (Å²) in [5.74, 6) is -3.24. The molecule has 12 nitrogen and oxygen atoms in total. The topological polar surface area (TPSA) is 175 Å². The van der Waals surface area contributed by atoms with E-state index in [1.807, 2.05) is 6.07 Å². The van der Waals surface area contributed by atoms with Crippen molar-refractivity contribution in [1.29, 1.82) is 5.26 Å². The maximum atomic E-state index is 13.6. The number of unbranched alkanes of at least 4 members (excludes halogenated alkanes) is 2. The summed E-state index contributed by atoms with van der Waals surface area (Å²) < 4.78 is 32.0. The molecular weight excluding hydrogens is 562 g/mol. The minimum absolute atomic E-state index is 0.0603. The summed E-state index contributed by atoms with van der Waals surface area (Å²) in [6.45, 7) is 4.15. The Balaban J connectivity index is 1.44. The molecule has 0 radical (unpaired) electrons. The van der Waals surface area contributed by atoms with Crippen LogP contribution in [0.4, 0.5) is 10.5 Å². The Labute approximate surface area is 246 Å². The molecule has 13 heteroatoms. The molecule has 228 valence electrons. The number of ether oxygens (including phenoxy) is 1. The van der Waals surface area contributed by atoms with Crippen LogP contribution in [-0.2, 0) is 29.1 Å². The molecular formula is C29H39N5O7S. The van der Waals surface area contributed by atoms with E-state index in [0.717, 1.165) is 19.3 Å². The van der Waals surface area contributed by atoms with E-state index in [0.29, 0.717) is 30.6 Å². The van der Waals surface area contributed by atoms with Crippen molar-refractivity contribution in [3.8, 4) is 6.07 Å². The Morgan fingerprint density at radius 3 is 2.40 bits per heavy atom. The second-order valence-corrected chi connectivity index (χ2v) is 14.1. The zero-order valence-corrected chi connectivity index (χ0v) is 25.1. The number of benzene rings is 1. The number of rotatable bonds is 12. The van der Waals surface area contributed by atoms with Gasteiger partial charge in [0.15, 0.2) is 0 Å². The van der Waals surface area contributed by atoms with E-state index in [1.165, 1.54) is 6.07 Å². The van der Waals surface area contributed by atoms with Gasteiger partial charge in [0.1, 0.15) is 11.6 Å².